The first-order valence-electron chi connectivity index (χ1n) is 27.0. The van der Waals surface area contributed by atoms with Crippen molar-refractivity contribution in [1.29, 1.82) is 0 Å². The quantitative estimate of drug-likeness (QED) is 0.0531. The van der Waals surface area contributed by atoms with Crippen LogP contribution in [-0.2, 0) is 0 Å². The molecule has 0 aliphatic heterocycles. The fourth-order valence-electron chi connectivity index (χ4n) is 9.36. The molecule has 7 aromatic rings. The summed E-state index contributed by atoms with van der Waals surface area (Å²) in [4.78, 5) is 0. The van der Waals surface area contributed by atoms with Crippen LogP contribution in [0.1, 0.15) is 163 Å². The van der Waals surface area contributed by atoms with E-state index in [2.05, 4.69) is 162 Å². The molecular weight excluding hydrogens is 889 g/mol. The normalized spacial score (nSPS) is 12.0. The average molecular weight is 961 g/mol. The number of unbranched alkanes of at least 4 members (excludes halogenated alkanes) is 3. The number of terminal acetylenes is 2. The molecular formula is C70H72O3. The third-order valence-electron chi connectivity index (χ3n) is 14.2. The highest BCUT2D eigenvalue weighted by Gasteiger charge is 2.21. The monoisotopic (exact) mass is 961 g/mol. The Labute approximate surface area is 437 Å². The Kier molecular flexibility index (Phi) is 20.0. The maximum atomic E-state index is 6.88. The van der Waals surface area contributed by atoms with Gasteiger partial charge in [-0.3, -0.25) is 0 Å². The number of rotatable bonds is 21. The molecule has 0 aliphatic rings. The van der Waals surface area contributed by atoms with Crippen molar-refractivity contribution >= 4 is 32.3 Å². The largest absolute Gasteiger partial charge is 0.489 e. The third-order valence-corrected chi connectivity index (χ3v) is 14.2. The smallest absolute Gasteiger partial charge is 0.203 e. The summed E-state index contributed by atoms with van der Waals surface area (Å²) in [5, 5.41) is 6.48. The zero-order chi connectivity index (χ0) is 51.4. The summed E-state index contributed by atoms with van der Waals surface area (Å²) in [7, 11) is 0. The molecule has 0 fully saturated rings. The van der Waals surface area contributed by atoms with Crippen molar-refractivity contribution in [2.75, 3.05) is 19.8 Å². The Bertz CT molecular complexity index is 3230. The summed E-state index contributed by atoms with van der Waals surface area (Å²) in [6.45, 7) is 15.4. The Morgan fingerprint density at radius 3 is 1.29 bits per heavy atom. The fourth-order valence-corrected chi connectivity index (χ4v) is 9.36. The summed E-state index contributed by atoms with van der Waals surface area (Å²) in [6.07, 6.45) is 25.0. The standard InChI is InChI=1S/C70H72O3/c1-9-17-24-52(13-5)48-71-68-44-57(45-69(72-49-53(14-6)25-18-10-2)70(68)73-50-54(15-7)26-19-11-3)38-42-65-63-30-23-22-29-62(63)64(66-46-59-27-20-21-28-60(59)47-67(65)66)41-37-56-33-31-55(32-34-56)36-40-61-43-51(12-4)35-39-58(61)16-8/h4,8,20-23,27-35,39,43-47,52-54H,9-11,13-15,17-19,24-26,48-50H2,1-3,5-7H3. The van der Waals surface area contributed by atoms with Crippen molar-refractivity contribution in [3.63, 3.8) is 0 Å². The van der Waals surface area contributed by atoms with E-state index in [-0.39, 0.29) is 0 Å². The SMILES string of the molecule is C#Cc1ccc(C#C)c(C#Cc2ccc(C#Cc3c4ccccc4c(C#Cc4cc(OCC(CC)CCCC)c(OCC(CC)CCCC)c(OCC(CC)CCCC)c4)c4cc5ccccc5cc34)cc2)c1. The van der Waals surface area contributed by atoms with E-state index in [1.807, 2.05) is 42.5 Å². The van der Waals surface area contributed by atoms with E-state index in [1.165, 1.54) is 38.5 Å². The molecule has 0 spiro atoms. The summed E-state index contributed by atoms with van der Waals surface area (Å²) in [6, 6.07) is 39.3. The molecule has 0 saturated carbocycles. The summed E-state index contributed by atoms with van der Waals surface area (Å²) in [5.41, 5.74) is 6.66. The van der Waals surface area contributed by atoms with Gasteiger partial charge in [0.25, 0.3) is 0 Å². The molecule has 0 N–H and O–H groups in total. The molecule has 0 aromatic heterocycles. The molecule has 0 radical (unpaired) electrons. The van der Waals surface area contributed by atoms with Gasteiger partial charge in [0.05, 0.1) is 19.8 Å². The van der Waals surface area contributed by atoms with Crippen molar-refractivity contribution in [2.24, 2.45) is 17.8 Å². The number of benzene rings is 7. The van der Waals surface area contributed by atoms with Gasteiger partial charge >= 0.3 is 0 Å². The van der Waals surface area contributed by atoms with Gasteiger partial charge in [-0.2, -0.15) is 0 Å². The molecule has 7 aromatic carbocycles. The number of fused-ring (bicyclic) bond motifs is 3. The predicted octanol–water partition coefficient (Wildman–Crippen LogP) is 17.1. The molecule has 0 saturated heterocycles. The molecule has 7 rings (SSSR count). The molecule has 3 atom stereocenters. The minimum absolute atomic E-state index is 0.443. The van der Waals surface area contributed by atoms with Crippen LogP contribution in [0.5, 0.6) is 17.2 Å². The lowest BCUT2D eigenvalue weighted by atomic mass is 9.90. The van der Waals surface area contributed by atoms with E-state index in [1.54, 1.807) is 0 Å². The van der Waals surface area contributed by atoms with E-state index in [0.717, 1.165) is 110 Å². The van der Waals surface area contributed by atoms with Crippen LogP contribution in [0, 0.1) is 78.0 Å². The highest BCUT2D eigenvalue weighted by molar-refractivity contribution is 6.13. The van der Waals surface area contributed by atoms with Gasteiger partial charge in [-0.15, -0.1) is 12.8 Å². The van der Waals surface area contributed by atoms with Gasteiger partial charge in [-0.1, -0.05) is 195 Å². The molecule has 0 aliphatic carbocycles. The van der Waals surface area contributed by atoms with E-state index < -0.39 is 0 Å². The second-order valence-electron chi connectivity index (χ2n) is 19.4. The van der Waals surface area contributed by atoms with Gasteiger partial charge in [0.1, 0.15) is 0 Å². The highest BCUT2D eigenvalue weighted by atomic mass is 16.5. The predicted molar refractivity (Wildman–Crippen MR) is 308 cm³/mol. The second-order valence-corrected chi connectivity index (χ2v) is 19.4. The first kappa shape index (κ1) is 53.3. The van der Waals surface area contributed by atoms with Crippen LogP contribution in [0.2, 0.25) is 0 Å². The summed E-state index contributed by atoms with van der Waals surface area (Å²) in [5.74, 6) is 29.8. The van der Waals surface area contributed by atoms with Crippen molar-refractivity contribution < 1.29 is 14.2 Å². The van der Waals surface area contributed by atoms with E-state index in [9.17, 15) is 0 Å². The van der Waals surface area contributed by atoms with Gasteiger partial charge in [0.2, 0.25) is 5.75 Å². The first-order valence-corrected chi connectivity index (χ1v) is 27.0. The Morgan fingerprint density at radius 2 is 0.836 bits per heavy atom. The Hall–Kier alpha value is -7.48. The molecule has 3 nitrogen and oxygen atoms in total. The first-order chi connectivity index (χ1) is 35.8. The maximum absolute atomic E-state index is 6.88. The number of ether oxygens (including phenoxy) is 3. The van der Waals surface area contributed by atoms with Gasteiger partial charge in [0.15, 0.2) is 11.5 Å². The second kappa shape index (κ2) is 27.4. The van der Waals surface area contributed by atoms with Crippen LogP contribution in [0.3, 0.4) is 0 Å². The van der Waals surface area contributed by atoms with Gasteiger partial charge < -0.3 is 14.2 Å². The van der Waals surface area contributed by atoms with Crippen LogP contribution in [0.4, 0.5) is 0 Å². The van der Waals surface area contributed by atoms with Gasteiger partial charge in [-0.05, 0) is 136 Å². The zero-order valence-corrected chi connectivity index (χ0v) is 44.2. The molecule has 73 heavy (non-hydrogen) atoms. The van der Waals surface area contributed by atoms with Crippen molar-refractivity contribution in [1.82, 2.24) is 0 Å². The lowest BCUT2D eigenvalue weighted by Crippen LogP contribution is -2.16. The van der Waals surface area contributed by atoms with Crippen molar-refractivity contribution in [3.05, 3.63) is 160 Å². The molecule has 0 amide bonds. The maximum Gasteiger partial charge on any atom is 0.203 e. The molecule has 3 unspecified atom stereocenters. The minimum atomic E-state index is 0.443. The van der Waals surface area contributed by atoms with E-state index >= 15 is 0 Å². The third kappa shape index (κ3) is 14.1. The highest BCUT2D eigenvalue weighted by Crippen LogP contribution is 2.41. The Morgan fingerprint density at radius 1 is 0.397 bits per heavy atom. The van der Waals surface area contributed by atoms with Gasteiger partial charge in [-0.25, -0.2) is 0 Å². The molecule has 370 valence electrons. The Balaban J connectivity index is 1.34. The van der Waals surface area contributed by atoms with Gasteiger partial charge in [0, 0.05) is 44.5 Å². The van der Waals surface area contributed by atoms with E-state index in [4.69, 9.17) is 27.1 Å². The lowest BCUT2D eigenvalue weighted by Gasteiger charge is -2.23. The fraction of sp³-hybridized carbons (Fsp3) is 0.343. The molecule has 3 heteroatoms. The summed E-state index contributed by atoms with van der Waals surface area (Å²) < 4.78 is 20.6. The number of hydrogen-bond acceptors (Lipinski definition) is 3. The number of hydrogen-bond donors (Lipinski definition) is 0. The van der Waals surface area contributed by atoms with Crippen molar-refractivity contribution in [2.45, 2.75) is 119 Å². The molecule has 0 bridgehead atoms. The zero-order valence-electron chi connectivity index (χ0n) is 44.2. The van der Waals surface area contributed by atoms with Crippen LogP contribution < -0.4 is 14.2 Å². The summed E-state index contributed by atoms with van der Waals surface area (Å²) >= 11 is 0. The topological polar surface area (TPSA) is 27.7 Å². The van der Waals surface area contributed by atoms with Crippen LogP contribution in [-0.4, -0.2) is 19.8 Å². The van der Waals surface area contributed by atoms with Crippen LogP contribution >= 0.6 is 0 Å². The minimum Gasteiger partial charge on any atom is -0.489 e. The molecule has 0 heterocycles. The van der Waals surface area contributed by atoms with E-state index in [0.29, 0.717) is 60.4 Å². The van der Waals surface area contributed by atoms with Crippen LogP contribution in [0.15, 0.2) is 115 Å². The lowest BCUT2D eigenvalue weighted by molar-refractivity contribution is 0.180. The average Bonchev–Trinajstić information content (AvgIpc) is 3.43. The van der Waals surface area contributed by atoms with Crippen molar-refractivity contribution in [3.8, 4) is 77.5 Å². The van der Waals surface area contributed by atoms with Crippen LogP contribution in [0.25, 0.3) is 32.3 Å².